The third-order valence-corrected chi connectivity index (χ3v) is 5.06. The normalized spacial score (nSPS) is 10.7. The van der Waals surface area contributed by atoms with E-state index in [0.29, 0.717) is 32.7 Å². The Hall–Kier alpha value is -3.55. The monoisotopic (exact) mass is 455 g/mol. The van der Waals surface area contributed by atoms with E-state index in [9.17, 15) is 9.59 Å². The molecule has 2 heterocycles. The number of benzene rings is 2. The van der Waals surface area contributed by atoms with Crippen LogP contribution in [0.1, 0.15) is 26.7 Å². The van der Waals surface area contributed by atoms with Crippen molar-refractivity contribution in [3.8, 4) is 11.3 Å². The molecule has 2 aromatic heterocycles. The van der Waals surface area contributed by atoms with Gasteiger partial charge >= 0.3 is 0 Å². The summed E-state index contributed by atoms with van der Waals surface area (Å²) in [7, 11) is 0. The standard InChI is InChI=1S/C22H15Cl2N3O4/c1-12-18(20(27-31-12)19-15(23)4-2-5-16(19)24)22(29)26-14-9-7-13(8-10-14)25-21(28)17-6-3-11-30-17/h2-11H,1H3,(H,25,28)(H,26,29). The van der Waals surface area contributed by atoms with E-state index in [4.69, 9.17) is 32.1 Å². The second kappa shape index (κ2) is 8.67. The molecular weight excluding hydrogens is 441 g/mol. The van der Waals surface area contributed by atoms with Gasteiger partial charge in [0.1, 0.15) is 17.0 Å². The Morgan fingerprint density at radius 3 is 2.06 bits per heavy atom. The van der Waals surface area contributed by atoms with Crippen molar-refractivity contribution >= 4 is 46.4 Å². The zero-order valence-corrected chi connectivity index (χ0v) is 17.6. The van der Waals surface area contributed by atoms with Crippen molar-refractivity contribution in [2.45, 2.75) is 6.92 Å². The van der Waals surface area contributed by atoms with E-state index in [0.717, 1.165) is 0 Å². The lowest BCUT2D eigenvalue weighted by Crippen LogP contribution is -2.14. The molecule has 0 spiro atoms. The number of carbonyl (C=O) groups is 2. The Labute approximate surface area is 186 Å². The lowest BCUT2D eigenvalue weighted by molar-refractivity contribution is 0.0994. The minimum atomic E-state index is -0.433. The number of aryl methyl sites for hydroxylation is 1. The molecule has 2 N–H and O–H groups in total. The molecule has 0 aliphatic carbocycles. The highest BCUT2D eigenvalue weighted by atomic mass is 35.5. The average Bonchev–Trinajstić information content (AvgIpc) is 3.40. The van der Waals surface area contributed by atoms with E-state index in [2.05, 4.69) is 15.8 Å². The molecule has 0 saturated carbocycles. The van der Waals surface area contributed by atoms with Crippen molar-refractivity contribution in [3.63, 3.8) is 0 Å². The summed E-state index contributed by atoms with van der Waals surface area (Å²) in [5.74, 6) is -0.280. The lowest BCUT2D eigenvalue weighted by Gasteiger charge is -2.09. The van der Waals surface area contributed by atoms with Gasteiger partial charge in [0.05, 0.1) is 16.3 Å². The zero-order valence-electron chi connectivity index (χ0n) is 16.1. The summed E-state index contributed by atoms with van der Waals surface area (Å²) in [5.41, 5.74) is 1.96. The number of furan rings is 1. The highest BCUT2D eigenvalue weighted by Crippen LogP contribution is 2.37. The van der Waals surface area contributed by atoms with Crippen molar-refractivity contribution in [1.29, 1.82) is 0 Å². The fourth-order valence-corrected chi connectivity index (χ4v) is 3.54. The quantitative estimate of drug-likeness (QED) is 0.381. The Morgan fingerprint density at radius 2 is 1.48 bits per heavy atom. The summed E-state index contributed by atoms with van der Waals surface area (Å²) in [5, 5.41) is 10.2. The minimum Gasteiger partial charge on any atom is -0.459 e. The molecule has 7 nitrogen and oxygen atoms in total. The van der Waals surface area contributed by atoms with Gasteiger partial charge in [-0.05, 0) is 55.5 Å². The van der Waals surface area contributed by atoms with Crippen molar-refractivity contribution in [2.75, 3.05) is 10.6 Å². The molecule has 4 rings (SSSR count). The number of aromatic nitrogens is 1. The number of nitrogens with one attached hydrogen (secondary N) is 2. The van der Waals surface area contributed by atoms with Gasteiger partial charge in [0, 0.05) is 16.9 Å². The molecule has 0 saturated heterocycles. The zero-order chi connectivity index (χ0) is 22.0. The minimum absolute atomic E-state index is 0.200. The van der Waals surface area contributed by atoms with E-state index in [1.807, 2.05) is 0 Å². The van der Waals surface area contributed by atoms with Crippen molar-refractivity contribution in [2.24, 2.45) is 0 Å². The molecule has 0 aliphatic heterocycles. The highest BCUT2D eigenvalue weighted by molar-refractivity contribution is 6.39. The number of hydrogen-bond donors (Lipinski definition) is 2. The summed E-state index contributed by atoms with van der Waals surface area (Å²) >= 11 is 12.5. The predicted molar refractivity (Wildman–Crippen MR) is 118 cm³/mol. The summed E-state index contributed by atoms with van der Waals surface area (Å²) in [6.07, 6.45) is 1.42. The first-order valence-electron chi connectivity index (χ1n) is 9.11. The van der Waals surface area contributed by atoms with Crippen LogP contribution in [0, 0.1) is 6.92 Å². The Morgan fingerprint density at radius 1 is 0.871 bits per heavy atom. The van der Waals surface area contributed by atoms with Gasteiger partial charge in [-0.15, -0.1) is 0 Å². The Balaban J connectivity index is 1.53. The number of halogens is 2. The SMILES string of the molecule is Cc1onc(-c2c(Cl)cccc2Cl)c1C(=O)Nc1ccc(NC(=O)c2ccco2)cc1. The molecule has 0 radical (unpaired) electrons. The van der Waals surface area contributed by atoms with Crippen LogP contribution in [-0.4, -0.2) is 17.0 Å². The third-order valence-electron chi connectivity index (χ3n) is 4.43. The maximum Gasteiger partial charge on any atom is 0.291 e. The van der Waals surface area contributed by atoms with Crippen LogP contribution in [0.2, 0.25) is 10.0 Å². The lowest BCUT2D eigenvalue weighted by atomic mass is 10.1. The van der Waals surface area contributed by atoms with Crippen molar-refractivity contribution in [3.05, 3.63) is 88.0 Å². The molecule has 156 valence electrons. The number of nitrogens with zero attached hydrogens (tertiary/aromatic N) is 1. The highest BCUT2D eigenvalue weighted by Gasteiger charge is 2.25. The van der Waals surface area contributed by atoms with Crippen LogP contribution in [0.5, 0.6) is 0 Å². The maximum atomic E-state index is 13.0. The number of amides is 2. The van der Waals surface area contributed by atoms with Crippen LogP contribution in [0.4, 0.5) is 11.4 Å². The Kier molecular flexibility index (Phi) is 5.79. The van der Waals surface area contributed by atoms with Crippen LogP contribution < -0.4 is 10.6 Å². The number of hydrogen-bond acceptors (Lipinski definition) is 5. The van der Waals surface area contributed by atoms with E-state index in [1.165, 1.54) is 6.26 Å². The van der Waals surface area contributed by atoms with Gasteiger partial charge in [-0.1, -0.05) is 34.4 Å². The van der Waals surface area contributed by atoms with Crippen LogP contribution in [0.25, 0.3) is 11.3 Å². The number of anilines is 2. The van der Waals surface area contributed by atoms with E-state index in [1.54, 1.807) is 61.5 Å². The van der Waals surface area contributed by atoms with E-state index < -0.39 is 5.91 Å². The molecule has 2 aromatic carbocycles. The van der Waals surface area contributed by atoms with Gasteiger partial charge in [0.2, 0.25) is 0 Å². The summed E-state index contributed by atoms with van der Waals surface area (Å²) in [4.78, 5) is 25.0. The molecule has 0 aliphatic rings. The first kappa shape index (κ1) is 20.7. The second-order valence-electron chi connectivity index (χ2n) is 6.52. The molecule has 0 fully saturated rings. The van der Waals surface area contributed by atoms with Crippen LogP contribution >= 0.6 is 23.2 Å². The summed E-state index contributed by atoms with van der Waals surface area (Å²) < 4.78 is 10.3. The first-order valence-corrected chi connectivity index (χ1v) is 9.86. The smallest absolute Gasteiger partial charge is 0.291 e. The number of carbonyl (C=O) groups excluding carboxylic acids is 2. The average molecular weight is 456 g/mol. The molecule has 0 unspecified atom stereocenters. The predicted octanol–water partition coefficient (Wildman–Crippen LogP) is 6.05. The summed E-state index contributed by atoms with van der Waals surface area (Å²) in [6.45, 7) is 1.63. The van der Waals surface area contributed by atoms with Crippen molar-refractivity contribution in [1.82, 2.24) is 5.16 Å². The van der Waals surface area contributed by atoms with Gasteiger partial charge in [0.15, 0.2) is 5.76 Å². The van der Waals surface area contributed by atoms with Gasteiger partial charge in [0.25, 0.3) is 11.8 Å². The van der Waals surface area contributed by atoms with E-state index in [-0.39, 0.29) is 22.9 Å². The fourth-order valence-electron chi connectivity index (χ4n) is 2.97. The maximum absolute atomic E-state index is 13.0. The van der Waals surface area contributed by atoms with Gasteiger partial charge in [-0.2, -0.15) is 0 Å². The summed E-state index contributed by atoms with van der Waals surface area (Å²) in [6, 6.07) is 14.8. The molecule has 0 bridgehead atoms. The van der Waals surface area contributed by atoms with Crippen LogP contribution in [0.15, 0.2) is 69.8 Å². The Bertz CT molecular complexity index is 1230. The second-order valence-corrected chi connectivity index (χ2v) is 7.34. The molecular formula is C22H15Cl2N3O4. The number of rotatable bonds is 5. The van der Waals surface area contributed by atoms with Crippen molar-refractivity contribution < 1.29 is 18.5 Å². The third kappa shape index (κ3) is 4.33. The first-order chi connectivity index (χ1) is 14.9. The van der Waals surface area contributed by atoms with Gasteiger partial charge in [-0.25, -0.2) is 0 Å². The molecule has 31 heavy (non-hydrogen) atoms. The van der Waals surface area contributed by atoms with Gasteiger partial charge in [-0.3, -0.25) is 9.59 Å². The van der Waals surface area contributed by atoms with Crippen LogP contribution in [-0.2, 0) is 0 Å². The topological polar surface area (TPSA) is 97.4 Å². The molecule has 4 aromatic rings. The molecule has 0 atom stereocenters. The van der Waals surface area contributed by atoms with Crippen LogP contribution in [0.3, 0.4) is 0 Å². The van der Waals surface area contributed by atoms with Gasteiger partial charge < -0.3 is 19.6 Å². The fraction of sp³-hybridized carbons (Fsp3) is 0.0455. The molecule has 2 amide bonds. The largest absolute Gasteiger partial charge is 0.459 e. The molecule has 9 heteroatoms. The van der Waals surface area contributed by atoms with E-state index >= 15 is 0 Å².